The van der Waals surface area contributed by atoms with Crippen molar-refractivity contribution in [2.75, 3.05) is 26.7 Å². The molecule has 0 rings (SSSR count). The fraction of sp³-hybridized carbons (Fsp3) is 0.931. The average Bonchev–Trinajstić information content (AvgIpc) is 2.81. The van der Waals surface area contributed by atoms with Crippen molar-refractivity contribution >= 4 is 7.82 Å². The van der Waals surface area contributed by atoms with E-state index < -0.39 is 7.82 Å². The first-order valence-corrected chi connectivity index (χ1v) is 16.5. The summed E-state index contributed by atoms with van der Waals surface area (Å²) in [5, 5.41) is 0. The minimum absolute atomic E-state index is 0.369. The molecule has 0 heterocycles. The highest BCUT2D eigenvalue weighted by atomic mass is 31.2. The van der Waals surface area contributed by atoms with Crippen LogP contribution in [-0.2, 0) is 9.09 Å². The third kappa shape index (κ3) is 23.9. The van der Waals surface area contributed by atoms with Gasteiger partial charge in [-0.15, -0.1) is 0 Å². The fourth-order valence-electron chi connectivity index (χ4n) is 4.67. The molecule has 0 saturated heterocycles. The molecular weight excluding hydrogens is 457 g/mol. The highest BCUT2D eigenvalue weighted by Crippen LogP contribution is 2.39. The lowest BCUT2D eigenvalue weighted by atomic mass is 10.0. The minimum Gasteiger partial charge on any atom is -0.324 e. The van der Waals surface area contributed by atoms with Gasteiger partial charge >= 0.3 is 7.82 Å². The average molecular weight is 519 g/mol. The summed E-state index contributed by atoms with van der Waals surface area (Å²) in [7, 11) is -2.31. The zero-order valence-electron chi connectivity index (χ0n) is 23.9. The Hall–Kier alpha value is -0.190. The van der Waals surface area contributed by atoms with Gasteiger partial charge in [-0.1, -0.05) is 109 Å². The zero-order chi connectivity index (χ0) is 26.3. The number of phosphoric ester groups is 1. The summed E-state index contributed by atoms with van der Waals surface area (Å²) < 4.78 is 17.3. The van der Waals surface area contributed by atoms with Gasteiger partial charge in [-0.2, -0.15) is 0 Å². The van der Waals surface area contributed by atoms with Crippen LogP contribution in [0.15, 0.2) is 12.2 Å². The SMILES string of the molecule is CCCCCCCCC=CCCCCCCCCCCCCC(C[N+](C)(CC)CC)OP(=O)(O)O. The summed E-state index contributed by atoms with van der Waals surface area (Å²) in [5.74, 6) is 0. The molecule has 6 heteroatoms. The fourth-order valence-corrected chi connectivity index (χ4v) is 5.23. The quantitative estimate of drug-likeness (QED) is 0.0519. The van der Waals surface area contributed by atoms with Crippen molar-refractivity contribution in [3.05, 3.63) is 12.2 Å². The highest BCUT2D eigenvalue weighted by Gasteiger charge is 2.29. The van der Waals surface area contributed by atoms with Crippen molar-refractivity contribution in [2.24, 2.45) is 0 Å². The molecule has 5 nitrogen and oxygen atoms in total. The lowest BCUT2D eigenvalue weighted by Gasteiger charge is -2.35. The van der Waals surface area contributed by atoms with Crippen LogP contribution in [0.1, 0.15) is 143 Å². The number of phosphoric acid groups is 1. The van der Waals surface area contributed by atoms with Gasteiger partial charge in [0.2, 0.25) is 0 Å². The molecule has 0 saturated carbocycles. The zero-order valence-corrected chi connectivity index (χ0v) is 24.8. The van der Waals surface area contributed by atoms with Crippen LogP contribution in [0, 0.1) is 0 Å². The van der Waals surface area contributed by atoms with E-state index in [0.29, 0.717) is 6.54 Å². The summed E-state index contributed by atoms with van der Waals surface area (Å²) in [5.41, 5.74) is 0. The van der Waals surface area contributed by atoms with Crippen LogP contribution >= 0.6 is 7.82 Å². The highest BCUT2D eigenvalue weighted by molar-refractivity contribution is 7.46. The topological polar surface area (TPSA) is 66.8 Å². The van der Waals surface area contributed by atoms with E-state index in [0.717, 1.165) is 36.8 Å². The standard InChI is InChI=1S/C29H60NO4P/c1-5-8-9-10-11-12-13-14-15-16-17-18-19-20-21-22-23-24-25-26-27-29(34-35(31,32)33)28-30(4,6-2)7-3/h14-15,29H,5-13,16-28H2,1-4H3,(H-,31,32,33)/p+1. The Morgan fingerprint density at radius 3 is 1.49 bits per heavy atom. The number of hydrogen-bond acceptors (Lipinski definition) is 2. The Bertz CT molecular complexity index is 531. The molecule has 0 aromatic heterocycles. The van der Waals surface area contributed by atoms with Crippen LogP contribution in [0.2, 0.25) is 0 Å². The van der Waals surface area contributed by atoms with Gasteiger partial charge in [0, 0.05) is 0 Å². The third-order valence-electron chi connectivity index (χ3n) is 7.50. The summed E-state index contributed by atoms with van der Waals surface area (Å²) in [6.45, 7) is 9.05. The number of nitrogens with zero attached hydrogens (tertiary/aromatic N) is 1. The van der Waals surface area contributed by atoms with E-state index in [1.54, 1.807) is 0 Å². The third-order valence-corrected chi connectivity index (χ3v) is 8.07. The van der Waals surface area contributed by atoms with Gasteiger partial charge in [-0.3, -0.25) is 4.52 Å². The normalized spacial score (nSPS) is 13.7. The number of hydrogen-bond donors (Lipinski definition) is 2. The first kappa shape index (κ1) is 34.8. The van der Waals surface area contributed by atoms with Gasteiger partial charge in [0.05, 0.1) is 20.1 Å². The minimum atomic E-state index is -4.44. The number of quaternary nitrogens is 1. The molecule has 0 aliphatic rings. The second-order valence-electron chi connectivity index (χ2n) is 10.8. The van der Waals surface area contributed by atoms with Crippen LogP contribution in [0.5, 0.6) is 0 Å². The van der Waals surface area contributed by atoms with Gasteiger partial charge in [0.15, 0.2) is 0 Å². The Balaban J connectivity index is 3.63. The summed E-state index contributed by atoms with van der Waals surface area (Å²) in [6.07, 6.45) is 28.6. The molecule has 0 aliphatic heterocycles. The molecule has 1 unspecified atom stereocenters. The summed E-state index contributed by atoms with van der Waals surface area (Å²) in [4.78, 5) is 18.5. The Kier molecular flexibility index (Phi) is 22.8. The Morgan fingerprint density at radius 1 is 0.686 bits per heavy atom. The molecule has 0 fully saturated rings. The van der Waals surface area contributed by atoms with Gasteiger partial charge < -0.3 is 14.3 Å². The number of likely N-dealkylation sites (N-methyl/N-ethyl adjacent to an activating group) is 1. The van der Waals surface area contributed by atoms with Crippen molar-refractivity contribution in [2.45, 2.75) is 149 Å². The van der Waals surface area contributed by atoms with Crippen LogP contribution in [-0.4, -0.2) is 47.1 Å². The van der Waals surface area contributed by atoms with E-state index in [9.17, 15) is 14.4 Å². The van der Waals surface area contributed by atoms with E-state index in [-0.39, 0.29) is 6.10 Å². The van der Waals surface area contributed by atoms with Crippen molar-refractivity contribution in [1.82, 2.24) is 0 Å². The Labute approximate surface area is 218 Å². The van der Waals surface area contributed by atoms with E-state index in [1.165, 1.54) is 103 Å². The predicted octanol–water partition coefficient (Wildman–Crippen LogP) is 8.94. The van der Waals surface area contributed by atoms with Crippen molar-refractivity contribution in [3.8, 4) is 0 Å². The smallest absolute Gasteiger partial charge is 0.324 e. The molecule has 0 spiro atoms. The number of rotatable bonds is 26. The van der Waals surface area contributed by atoms with E-state index in [4.69, 9.17) is 4.52 Å². The van der Waals surface area contributed by atoms with Crippen molar-refractivity contribution < 1.29 is 23.4 Å². The van der Waals surface area contributed by atoms with Crippen molar-refractivity contribution in [1.29, 1.82) is 0 Å². The molecule has 0 aromatic rings. The molecule has 2 N–H and O–H groups in total. The lowest BCUT2D eigenvalue weighted by Crippen LogP contribution is -2.48. The number of allylic oxidation sites excluding steroid dienone is 2. The van der Waals surface area contributed by atoms with Gasteiger partial charge in [-0.25, -0.2) is 4.57 Å². The van der Waals surface area contributed by atoms with Crippen LogP contribution in [0.3, 0.4) is 0 Å². The molecule has 0 radical (unpaired) electrons. The first-order valence-electron chi connectivity index (χ1n) is 15.0. The maximum absolute atomic E-state index is 11.4. The first-order chi connectivity index (χ1) is 16.8. The van der Waals surface area contributed by atoms with Crippen LogP contribution in [0.4, 0.5) is 0 Å². The van der Waals surface area contributed by atoms with E-state index in [2.05, 4.69) is 40.0 Å². The Morgan fingerprint density at radius 2 is 1.09 bits per heavy atom. The molecule has 0 bridgehead atoms. The lowest BCUT2D eigenvalue weighted by molar-refractivity contribution is -0.908. The van der Waals surface area contributed by atoms with Gasteiger partial charge in [0.1, 0.15) is 12.6 Å². The maximum atomic E-state index is 11.4. The maximum Gasteiger partial charge on any atom is 0.470 e. The molecule has 0 aromatic carbocycles. The molecule has 0 amide bonds. The van der Waals surface area contributed by atoms with Gasteiger partial charge in [0.25, 0.3) is 0 Å². The predicted molar refractivity (Wildman–Crippen MR) is 152 cm³/mol. The van der Waals surface area contributed by atoms with Crippen molar-refractivity contribution in [3.63, 3.8) is 0 Å². The molecule has 210 valence electrons. The largest absolute Gasteiger partial charge is 0.470 e. The summed E-state index contributed by atoms with van der Waals surface area (Å²) >= 11 is 0. The molecular formula is C29H61NO4P+. The van der Waals surface area contributed by atoms with Gasteiger partial charge in [-0.05, 0) is 46.0 Å². The molecule has 1 atom stereocenters. The van der Waals surface area contributed by atoms with E-state index >= 15 is 0 Å². The monoisotopic (exact) mass is 518 g/mol. The summed E-state index contributed by atoms with van der Waals surface area (Å²) in [6, 6.07) is 0. The second-order valence-corrected chi connectivity index (χ2v) is 12.0. The van der Waals surface area contributed by atoms with Crippen LogP contribution < -0.4 is 0 Å². The number of unbranched alkanes of at least 4 members (excludes halogenated alkanes) is 16. The van der Waals surface area contributed by atoms with E-state index in [1.807, 2.05) is 0 Å². The molecule has 0 aliphatic carbocycles. The molecule has 35 heavy (non-hydrogen) atoms. The van der Waals surface area contributed by atoms with Crippen LogP contribution in [0.25, 0.3) is 0 Å². The second kappa shape index (κ2) is 23.0.